The summed E-state index contributed by atoms with van der Waals surface area (Å²) in [4.78, 5) is 28.6. The predicted octanol–water partition coefficient (Wildman–Crippen LogP) is 18.3. The molecule has 18 unspecified atom stereocenters. The standard InChI is InChI=1S/C85H104O7/c1-56(20-17-25-57-21-7-4-8-22-57)35-44-83(89)47-46-78(2)53-70(92-77(88)62-28-18-26-59(49-62)48-58-23-9-5-10-24-58)76-79(3,42-38-71(86)85(76,83)84(78,90)45-36-60-50-72(87)91-54-60)64-37-43-82-55-80(39-15-16-40-80)69-52-81(63-29-11-6-12-30-63)41-14-13-32-67(81)66-34-33-61-27-19-31-65(68(82)51-64)73(61)74(66)75(69)82/h4-12,19,21-24,27,29-31,33-34,46-47,50,56,59,62,64,67-71,75-76,86,89-90H,13-18,20,25-26,28,32,35-45,48-49,51-55H2,1-3H3. The van der Waals surface area contributed by atoms with E-state index < -0.39 is 45.6 Å². The SMILES string of the molecule is CC(CCCc1ccccc1)CCC1(O)C=CC2(C)CC(OC(=O)C3CCCC(Cc4ccccc4)C3)C3C(C)(C4CCC56CC7(CCCC7)C7CC8(c9ccccc9)CCCCC8c8ccc9cccc(c9c8C75)C6C4)CCC(O)C31C2(O)CCC1=CC(=O)OC1. The third-order valence-corrected chi connectivity index (χ3v) is 29.4. The highest BCUT2D eigenvalue weighted by molar-refractivity contribution is 5.93. The number of benzene rings is 5. The van der Waals surface area contributed by atoms with E-state index in [1.165, 1.54) is 80.7 Å². The van der Waals surface area contributed by atoms with Crippen LogP contribution < -0.4 is 0 Å². The number of carbonyl (C=O) groups is 2. The largest absolute Gasteiger partial charge is 0.462 e. The number of fused-ring (bicyclic) bond motifs is 5. The Morgan fingerprint density at radius 2 is 1.46 bits per heavy atom. The van der Waals surface area contributed by atoms with Gasteiger partial charge in [-0.3, -0.25) is 4.79 Å². The molecule has 7 saturated carbocycles. The van der Waals surface area contributed by atoms with Crippen LogP contribution in [0.5, 0.6) is 0 Å². The van der Waals surface area contributed by atoms with E-state index in [2.05, 4.69) is 148 Å². The van der Waals surface area contributed by atoms with E-state index in [0.717, 1.165) is 76.2 Å². The van der Waals surface area contributed by atoms with Gasteiger partial charge >= 0.3 is 11.9 Å². The number of hydrogen-bond acceptors (Lipinski definition) is 7. The quantitative estimate of drug-likeness (QED) is 0.0666. The van der Waals surface area contributed by atoms with Crippen LogP contribution >= 0.6 is 0 Å². The lowest BCUT2D eigenvalue weighted by molar-refractivity contribution is -0.363. The smallest absolute Gasteiger partial charge is 0.331 e. The molecule has 5 aromatic rings. The van der Waals surface area contributed by atoms with Gasteiger partial charge in [0.1, 0.15) is 12.7 Å². The zero-order valence-corrected chi connectivity index (χ0v) is 55.6. The summed E-state index contributed by atoms with van der Waals surface area (Å²) in [5.74, 6) is 1.27. The number of aryl methyl sites for hydroxylation is 1. The number of ether oxygens (including phenoxy) is 2. The average Bonchev–Trinajstić information content (AvgIpc) is 0.799. The fourth-order valence-electron chi connectivity index (χ4n) is 25.5. The molecule has 10 aliphatic carbocycles. The molecule has 0 radical (unpaired) electrons. The van der Waals surface area contributed by atoms with Crippen LogP contribution in [0.2, 0.25) is 0 Å². The second kappa shape index (κ2) is 23.2. The minimum Gasteiger partial charge on any atom is -0.462 e. The Kier molecular flexibility index (Phi) is 15.5. The van der Waals surface area contributed by atoms with E-state index in [4.69, 9.17) is 9.47 Å². The fourth-order valence-corrected chi connectivity index (χ4v) is 25.5. The monoisotopic (exact) mass is 1240 g/mol. The van der Waals surface area contributed by atoms with E-state index in [9.17, 15) is 15.0 Å². The summed E-state index contributed by atoms with van der Waals surface area (Å²) in [6, 6.07) is 45.9. The third-order valence-electron chi connectivity index (χ3n) is 29.4. The Labute approximate surface area is 549 Å². The molecule has 1 heterocycles. The first-order valence-corrected chi connectivity index (χ1v) is 37.1. The van der Waals surface area contributed by atoms with Crippen LogP contribution in [0.4, 0.5) is 0 Å². The molecule has 486 valence electrons. The van der Waals surface area contributed by atoms with Gasteiger partial charge in [-0.05, 0) is 242 Å². The van der Waals surface area contributed by atoms with Gasteiger partial charge < -0.3 is 24.8 Å². The minimum absolute atomic E-state index is 0.0744. The molecule has 0 saturated heterocycles. The van der Waals surface area contributed by atoms with Crippen molar-refractivity contribution in [1.82, 2.24) is 0 Å². The van der Waals surface area contributed by atoms with Crippen LogP contribution in [-0.2, 0) is 37.3 Å². The van der Waals surface area contributed by atoms with Crippen LogP contribution in [0.25, 0.3) is 10.8 Å². The summed E-state index contributed by atoms with van der Waals surface area (Å²) in [5, 5.41) is 46.7. The lowest BCUT2D eigenvalue weighted by atomic mass is 9.31. The van der Waals surface area contributed by atoms with Gasteiger partial charge in [-0.15, -0.1) is 0 Å². The van der Waals surface area contributed by atoms with Crippen molar-refractivity contribution >= 4 is 22.7 Å². The van der Waals surface area contributed by atoms with E-state index >= 15 is 9.90 Å². The molecule has 7 nitrogen and oxygen atoms in total. The minimum atomic E-state index is -1.67. The van der Waals surface area contributed by atoms with E-state index in [0.29, 0.717) is 68.1 Å². The topological polar surface area (TPSA) is 113 Å². The number of esters is 2. The van der Waals surface area contributed by atoms with Crippen molar-refractivity contribution in [2.45, 2.75) is 247 Å². The number of hydrogen-bond donors (Lipinski definition) is 3. The molecule has 18 atom stereocenters. The first kappa shape index (κ1) is 61.5. The lowest BCUT2D eigenvalue weighted by Gasteiger charge is -2.76. The molecule has 7 heteroatoms. The van der Waals surface area contributed by atoms with Crippen LogP contribution in [0, 0.1) is 62.6 Å². The Balaban J connectivity index is 0.828. The lowest BCUT2D eigenvalue weighted by Crippen LogP contribution is -2.83. The average molecular weight is 1240 g/mol. The van der Waals surface area contributed by atoms with Crippen molar-refractivity contribution in [3.63, 3.8) is 0 Å². The number of aliphatic hydroxyl groups excluding tert-OH is 1. The molecule has 1 aliphatic heterocycles. The first-order valence-electron chi connectivity index (χ1n) is 37.1. The maximum atomic E-state index is 15.8. The molecule has 3 N–H and O–H groups in total. The molecule has 92 heavy (non-hydrogen) atoms. The zero-order valence-electron chi connectivity index (χ0n) is 55.6. The van der Waals surface area contributed by atoms with Crippen molar-refractivity contribution in [2.24, 2.45) is 62.6 Å². The Hall–Kier alpha value is -5.34. The first-order chi connectivity index (χ1) is 44.6. The second-order valence-corrected chi connectivity index (χ2v) is 33.6. The fraction of sp³-hybridized carbons (Fsp3) is 0.600. The molecule has 0 amide bonds. The maximum Gasteiger partial charge on any atom is 0.331 e. The van der Waals surface area contributed by atoms with Gasteiger partial charge in [0, 0.05) is 22.8 Å². The number of rotatable bonds is 16. The van der Waals surface area contributed by atoms with Gasteiger partial charge in [0.2, 0.25) is 0 Å². The summed E-state index contributed by atoms with van der Waals surface area (Å²) in [5.41, 5.74) is 3.99. The van der Waals surface area contributed by atoms with Crippen LogP contribution in [0.3, 0.4) is 0 Å². The van der Waals surface area contributed by atoms with Gasteiger partial charge in [-0.2, -0.15) is 0 Å². The predicted molar refractivity (Wildman–Crippen MR) is 365 cm³/mol. The van der Waals surface area contributed by atoms with Crippen LogP contribution in [0.15, 0.2) is 145 Å². The molecule has 5 aromatic carbocycles. The van der Waals surface area contributed by atoms with E-state index in [1.807, 2.05) is 6.08 Å². The molecular weight excluding hydrogens is 1130 g/mol. The van der Waals surface area contributed by atoms with Crippen molar-refractivity contribution in [1.29, 1.82) is 0 Å². The van der Waals surface area contributed by atoms with Gasteiger partial charge in [-0.1, -0.05) is 199 Å². The normalized spacial score (nSPS) is 39.8. The highest BCUT2D eigenvalue weighted by Crippen LogP contribution is 2.82. The summed E-state index contributed by atoms with van der Waals surface area (Å²) in [6.07, 6.45) is 30.8. The number of cyclic esters (lactones) is 1. The highest BCUT2D eigenvalue weighted by atomic mass is 16.5. The molecular formula is C85H104O7. The number of aliphatic hydroxyl groups is 3. The third kappa shape index (κ3) is 9.36. The highest BCUT2D eigenvalue weighted by Gasteiger charge is 2.82. The Morgan fingerprint density at radius 3 is 2.23 bits per heavy atom. The molecule has 2 bridgehead atoms. The van der Waals surface area contributed by atoms with Crippen LogP contribution in [-0.4, -0.2) is 57.3 Å². The van der Waals surface area contributed by atoms with Crippen LogP contribution in [0.1, 0.15) is 239 Å². The Morgan fingerprint density at radius 1 is 0.696 bits per heavy atom. The van der Waals surface area contributed by atoms with E-state index in [1.54, 1.807) is 33.7 Å². The van der Waals surface area contributed by atoms with Gasteiger partial charge in [0.15, 0.2) is 0 Å². The van der Waals surface area contributed by atoms with Gasteiger partial charge in [0.05, 0.1) is 28.6 Å². The summed E-state index contributed by atoms with van der Waals surface area (Å²) in [7, 11) is 0. The van der Waals surface area contributed by atoms with Crippen molar-refractivity contribution in [2.75, 3.05) is 6.61 Å². The van der Waals surface area contributed by atoms with Crippen molar-refractivity contribution in [3.05, 3.63) is 179 Å². The van der Waals surface area contributed by atoms with Gasteiger partial charge in [-0.25, -0.2) is 4.79 Å². The maximum absolute atomic E-state index is 15.8. The molecule has 16 rings (SSSR count). The Bertz CT molecular complexity index is 3640. The molecule has 7 fully saturated rings. The van der Waals surface area contributed by atoms with E-state index in [-0.39, 0.29) is 59.0 Å². The second-order valence-electron chi connectivity index (χ2n) is 33.6. The molecule has 0 aromatic heterocycles. The van der Waals surface area contributed by atoms with Crippen molar-refractivity contribution < 1.29 is 34.4 Å². The summed E-state index contributed by atoms with van der Waals surface area (Å²) in [6.45, 7) is 7.13. The molecule has 3 spiro atoms. The molecule has 11 aliphatic rings. The summed E-state index contributed by atoms with van der Waals surface area (Å²) < 4.78 is 13.1. The number of carbonyl (C=O) groups excluding carboxylic acids is 2. The van der Waals surface area contributed by atoms with Crippen molar-refractivity contribution in [3.8, 4) is 0 Å². The zero-order chi connectivity index (χ0) is 62.9. The van der Waals surface area contributed by atoms with Gasteiger partial charge in [0.25, 0.3) is 0 Å². The summed E-state index contributed by atoms with van der Waals surface area (Å²) >= 11 is 0.